The van der Waals surface area contributed by atoms with Crippen molar-refractivity contribution in [3.63, 3.8) is 0 Å². The third-order valence-corrected chi connectivity index (χ3v) is 1.75. The molecule has 0 bridgehead atoms. The first-order valence-corrected chi connectivity index (χ1v) is 3.91. The predicted molar refractivity (Wildman–Crippen MR) is 48.2 cm³/mol. The molecule has 0 amide bonds. The first-order valence-electron chi connectivity index (χ1n) is 3.91. The van der Waals surface area contributed by atoms with Gasteiger partial charge in [0.25, 0.3) is 5.82 Å². The lowest BCUT2D eigenvalue weighted by atomic mass is 10.1. The van der Waals surface area contributed by atoms with E-state index in [2.05, 4.69) is 9.72 Å². The van der Waals surface area contributed by atoms with Gasteiger partial charge in [-0.2, -0.15) is 5.26 Å². The molecule has 3 N–H and O–H groups in total. The molecule has 72 valence electrons. The number of ether oxygens (including phenoxy) is 1. The summed E-state index contributed by atoms with van der Waals surface area (Å²) in [6, 6.07) is 3.38. The van der Waals surface area contributed by atoms with Gasteiger partial charge >= 0.3 is 5.97 Å². The normalized spacial score (nSPS) is 9.21. The Hall–Kier alpha value is -2.09. The summed E-state index contributed by atoms with van der Waals surface area (Å²) in [5.41, 5.74) is 6.53. The number of nitrogen functional groups attached to an aromatic ring is 1. The Labute approximate surface area is 81.1 Å². The molecular formula is C9H10N3O2+. The fraction of sp³-hybridized carbons (Fsp3) is 0.222. The topological polar surface area (TPSA) is 90.2 Å². The zero-order chi connectivity index (χ0) is 10.7. The highest BCUT2D eigenvalue weighted by atomic mass is 16.5. The zero-order valence-corrected chi connectivity index (χ0v) is 7.92. The van der Waals surface area contributed by atoms with Crippen molar-refractivity contribution < 1.29 is 14.5 Å². The van der Waals surface area contributed by atoms with E-state index in [4.69, 9.17) is 11.0 Å². The molecule has 0 aliphatic rings. The molecule has 0 spiro atoms. The van der Waals surface area contributed by atoms with Crippen molar-refractivity contribution in [3.05, 3.63) is 22.9 Å². The van der Waals surface area contributed by atoms with Gasteiger partial charge in [-0.1, -0.05) is 0 Å². The number of aromatic amines is 1. The molecule has 0 aliphatic heterocycles. The van der Waals surface area contributed by atoms with Crippen LogP contribution in [-0.4, -0.2) is 13.1 Å². The highest BCUT2D eigenvalue weighted by Crippen LogP contribution is 2.13. The number of aromatic nitrogens is 1. The molecule has 5 heteroatoms. The molecule has 5 nitrogen and oxygen atoms in total. The number of nitriles is 1. The fourth-order valence-electron chi connectivity index (χ4n) is 1.14. The van der Waals surface area contributed by atoms with Crippen molar-refractivity contribution in [2.45, 2.75) is 6.92 Å². The second-order valence-corrected chi connectivity index (χ2v) is 2.76. The van der Waals surface area contributed by atoms with E-state index in [9.17, 15) is 4.79 Å². The van der Waals surface area contributed by atoms with Crippen molar-refractivity contribution in [1.82, 2.24) is 0 Å². The maximum Gasteiger partial charge on any atom is 0.339 e. The van der Waals surface area contributed by atoms with Gasteiger partial charge in [-0.15, -0.1) is 0 Å². The number of rotatable bonds is 1. The number of hydrogen-bond acceptors (Lipinski definition) is 4. The van der Waals surface area contributed by atoms with E-state index in [1.807, 2.05) is 6.07 Å². The van der Waals surface area contributed by atoms with Gasteiger partial charge < -0.3 is 4.74 Å². The molecular weight excluding hydrogens is 182 g/mol. The van der Waals surface area contributed by atoms with Crippen molar-refractivity contribution in [2.75, 3.05) is 12.8 Å². The molecule has 0 aliphatic carbocycles. The van der Waals surface area contributed by atoms with Crippen LogP contribution in [0.1, 0.15) is 21.6 Å². The Morgan fingerprint density at radius 2 is 2.36 bits per heavy atom. The number of aryl methyl sites for hydroxylation is 1. The summed E-state index contributed by atoms with van der Waals surface area (Å²) in [7, 11) is 1.26. The van der Waals surface area contributed by atoms with E-state index in [0.29, 0.717) is 5.69 Å². The van der Waals surface area contributed by atoms with E-state index in [1.54, 1.807) is 6.92 Å². The Kier molecular flexibility index (Phi) is 2.67. The summed E-state index contributed by atoms with van der Waals surface area (Å²) < 4.78 is 4.53. The van der Waals surface area contributed by atoms with Crippen LogP contribution in [0.4, 0.5) is 5.82 Å². The van der Waals surface area contributed by atoms with Gasteiger partial charge in [-0.25, -0.2) is 9.78 Å². The number of H-pyrrole nitrogens is 1. The number of nitrogens with zero attached hydrogens (tertiary/aromatic N) is 1. The lowest BCUT2D eigenvalue weighted by Crippen LogP contribution is -2.19. The van der Waals surface area contributed by atoms with Crippen LogP contribution < -0.4 is 10.7 Å². The Bertz CT molecular complexity index is 421. The molecule has 0 unspecified atom stereocenters. The molecule has 1 rings (SSSR count). The molecule has 14 heavy (non-hydrogen) atoms. The van der Waals surface area contributed by atoms with E-state index in [1.165, 1.54) is 13.2 Å². The monoisotopic (exact) mass is 192 g/mol. The van der Waals surface area contributed by atoms with Crippen LogP contribution in [0, 0.1) is 18.3 Å². The second kappa shape index (κ2) is 3.75. The lowest BCUT2D eigenvalue weighted by Gasteiger charge is -2.01. The minimum Gasteiger partial charge on any atom is -0.465 e. The Morgan fingerprint density at radius 3 is 2.86 bits per heavy atom. The highest BCUT2D eigenvalue weighted by Gasteiger charge is 2.19. The number of carbonyl (C=O) groups is 1. The van der Waals surface area contributed by atoms with Crippen LogP contribution in [0.25, 0.3) is 0 Å². The van der Waals surface area contributed by atoms with Gasteiger partial charge in [0.1, 0.15) is 6.07 Å². The maximum atomic E-state index is 11.3. The number of esters is 1. The van der Waals surface area contributed by atoms with Crippen LogP contribution in [0.15, 0.2) is 6.07 Å². The molecule has 0 atom stereocenters. The van der Waals surface area contributed by atoms with Gasteiger partial charge in [0.2, 0.25) is 0 Å². The number of nitrogens with one attached hydrogen (secondary N) is 1. The van der Waals surface area contributed by atoms with Crippen LogP contribution in [0.3, 0.4) is 0 Å². The molecule has 0 saturated carbocycles. The largest absolute Gasteiger partial charge is 0.465 e. The van der Waals surface area contributed by atoms with Crippen molar-refractivity contribution in [3.8, 4) is 6.07 Å². The van der Waals surface area contributed by atoms with Gasteiger partial charge in [-0.05, 0) is 13.0 Å². The third kappa shape index (κ3) is 1.64. The Balaban J connectivity index is 3.41. The summed E-state index contributed by atoms with van der Waals surface area (Å²) in [5.74, 6) is -0.391. The van der Waals surface area contributed by atoms with Gasteiger partial charge in [0.15, 0.2) is 5.56 Å². The zero-order valence-electron chi connectivity index (χ0n) is 7.92. The van der Waals surface area contributed by atoms with Crippen LogP contribution >= 0.6 is 0 Å². The minimum atomic E-state index is -0.564. The van der Waals surface area contributed by atoms with Gasteiger partial charge in [-0.3, -0.25) is 5.73 Å². The van der Waals surface area contributed by atoms with Crippen LogP contribution in [-0.2, 0) is 4.74 Å². The molecule has 0 aromatic carbocycles. The number of pyridine rings is 1. The van der Waals surface area contributed by atoms with E-state index in [-0.39, 0.29) is 16.9 Å². The summed E-state index contributed by atoms with van der Waals surface area (Å²) in [6.45, 7) is 1.74. The first-order chi connectivity index (χ1) is 6.60. The number of nitrogens with two attached hydrogens (primary N) is 1. The van der Waals surface area contributed by atoms with Crippen molar-refractivity contribution in [2.24, 2.45) is 0 Å². The number of carbonyl (C=O) groups excluding carboxylic acids is 1. The second-order valence-electron chi connectivity index (χ2n) is 2.76. The average molecular weight is 192 g/mol. The molecule has 1 aromatic heterocycles. The quantitative estimate of drug-likeness (QED) is 0.636. The summed E-state index contributed by atoms with van der Waals surface area (Å²) in [4.78, 5) is 14.0. The van der Waals surface area contributed by atoms with Crippen LogP contribution in [0.2, 0.25) is 0 Å². The fourth-order valence-corrected chi connectivity index (χ4v) is 1.14. The average Bonchev–Trinajstić information content (AvgIpc) is 2.15. The molecule has 1 heterocycles. The van der Waals surface area contributed by atoms with Crippen molar-refractivity contribution >= 4 is 11.8 Å². The van der Waals surface area contributed by atoms with Gasteiger partial charge in [0, 0.05) is 0 Å². The SMILES string of the molecule is COC(=O)c1cc(C)[nH+]c(N)c1C#N. The Morgan fingerprint density at radius 1 is 1.71 bits per heavy atom. The predicted octanol–water partition coefficient (Wildman–Crippen LogP) is 0.0496. The molecule has 1 aromatic rings. The first kappa shape index (κ1) is 9.99. The number of hydrogen-bond donors (Lipinski definition) is 1. The highest BCUT2D eigenvalue weighted by molar-refractivity contribution is 5.93. The minimum absolute atomic E-state index is 0.113. The summed E-state index contributed by atoms with van der Waals surface area (Å²) in [5, 5.41) is 8.78. The van der Waals surface area contributed by atoms with Gasteiger partial charge in [0.05, 0.1) is 18.4 Å². The standard InChI is InChI=1S/C9H9N3O2/c1-5-3-6(9(13)14-2)7(4-10)8(11)12-5/h3H,1-2H3,(H2,11,12)/p+1. The number of anilines is 1. The van der Waals surface area contributed by atoms with Crippen LogP contribution in [0.5, 0.6) is 0 Å². The van der Waals surface area contributed by atoms with Crippen molar-refractivity contribution in [1.29, 1.82) is 5.26 Å². The summed E-state index contributed by atoms with van der Waals surface area (Å²) in [6.07, 6.45) is 0. The maximum absolute atomic E-state index is 11.3. The van der Waals surface area contributed by atoms with E-state index >= 15 is 0 Å². The molecule has 0 saturated heterocycles. The summed E-state index contributed by atoms with van der Waals surface area (Å²) >= 11 is 0. The third-order valence-electron chi connectivity index (χ3n) is 1.75. The lowest BCUT2D eigenvalue weighted by molar-refractivity contribution is -0.370. The van der Waals surface area contributed by atoms with E-state index in [0.717, 1.165) is 0 Å². The van der Waals surface area contributed by atoms with E-state index < -0.39 is 5.97 Å². The smallest absolute Gasteiger partial charge is 0.339 e. The number of methoxy groups -OCH3 is 1. The molecule has 0 fully saturated rings. The molecule has 0 radical (unpaired) electrons.